The second-order valence-corrected chi connectivity index (χ2v) is 8.97. The predicted molar refractivity (Wildman–Crippen MR) is 104 cm³/mol. The minimum absolute atomic E-state index is 0.210. The van der Waals surface area contributed by atoms with Gasteiger partial charge in [0, 0.05) is 18.7 Å². The van der Waals surface area contributed by atoms with Gasteiger partial charge in [-0.2, -0.15) is 4.31 Å². The van der Waals surface area contributed by atoms with Crippen LogP contribution in [0, 0.1) is 18.7 Å². The van der Waals surface area contributed by atoms with Crippen molar-refractivity contribution in [1.29, 1.82) is 0 Å². The van der Waals surface area contributed by atoms with Gasteiger partial charge in [0.25, 0.3) is 0 Å². The van der Waals surface area contributed by atoms with Crippen molar-refractivity contribution in [2.45, 2.75) is 24.7 Å². The van der Waals surface area contributed by atoms with Crippen LogP contribution < -0.4 is 0 Å². The molecule has 1 heterocycles. The molecule has 0 unspecified atom stereocenters. The average molecular weight is 419 g/mol. The summed E-state index contributed by atoms with van der Waals surface area (Å²) in [6, 6.07) is 11.6. The molecule has 0 spiro atoms. The number of aryl methyl sites for hydroxylation is 1. The number of hydrogen-bond acceptors (Lipinski definition) is 5. The number of Topliss-reactive ketones (excluding diaryl/α,β-unsaturated/α-hetero) is 1. The normalized spacial score (nSPS) is 15.8. The highest BCUT2D eigenvalue weighted by atomic mass is 32.2. The number of nitrogens with zero attached hydrogens (tertiary/aromatic N) is 1. The van der Waals surface area contributed by atoms with Gasteiger partial charge in [-0.1, -0.05) is 17.7 Å². The molecule has 1 saturated heterocycles. The first-order valence-corrected chi connectivity index (χ1v) is 10.7. The van der Waals surface area contributed by atoms with Gasteiger partial charge in [0.05, 0.1) is 10.8 Å². The Hall–Kier alpha value is -2.58. The van der Waals surface area contributed by atoms with E-state index in [1.807, 2.05) is 6.92 Å². The molecule has 2 aromatic carbocycles. The van der Waals surface area contributed by atoms with Crippen molar-refractivity contribution in [2.75, 3.05) is 19.7 Å². The molecule has 29 heavy (non-hydrogen) atoms. The number of esters is 1. The van der Waals surface area contributed by atoms with Crippen LogP contribution in [0.15, 0.2) is 53.4 Å². The monoisotopic (exact) mass is 419 g/mol. The Labute approximate surface area is 169 Å². The molecular weight excluding hydrogens is 397 g/mol. The Balaban J connectivity index is 1.52. The lowest BCUT2D eigenvalue weighted by atomic mass is 9.98. The summed E-state index contributed by atoms with van der Waals surface area (Å²) in [5, 5.41) is 0. The Morgan fingerprint density at radius 2 is 1.62 bits per heavy atom. The van der Waals surface area contributed by atoms with Crippen LogP contribution in [0.25, 0.3) is 0 Å². The highest BCUT2D eigenvalue weighted by Crippen LogP contribution is 2.25. The van der Waals surface area contributed by atoms with Crippen molar-refractivity contribution < 1.29 is 27.1 Å². The second-order valence-electron chi connectivity index (χ2n) is 7.03. The van der Waals surface area contributed by atoms with Crippen molar-refractivity contribution in [3.63, 3.8) is 0 Å². The van der Waals surface area contributed by atoms with Gasteiger partial charge in [-0.05, 0) is 56.2 Å². The fourth-order valence-corrected chi connectivity index (χ4v) is 4.63. The zero-order valence-corrected chi connectivity index (χ0v) is 16.8. The molecule has 1 fully saturated rings. The van der Waals surface area contributed by atoms with Crippen LogP contribution in [-0.4, -0.2) is 44.2 Å². The lowest BCUT2D eigenvalue weighted by Crippen LogP contribution is -2.40. The van der Waals surface area contributed by atoms with Crippen molar-refractivity contribution in [3.8, 4) is 0 Å². The molecule has 0 bridgehead atoms. The minimum atomic E-state index is -3.60. The number of carbonyl (C=O) groups is 2. The van der Waals surface area contributed by atoms with E-state index < -0.39 is 40.1 Å². The molecule has 0 N–H and O–H groups in total. The van der Waals surface area contributed by atoms with E-state index >= 15 is 0 Å². The first-order chi connectivity index (χ1) is 13.8. The number of rotatable bonds is 6. The van der Waals surface area contributed by atoms with Gasteiger partial charge in [-0.3, -0.25) is 9.59 Å². The first kappa shape index (κ1) is 21.1. The van der Waals surface area contributed by atoms with Crippen molar-refractivity contribution >= 4 is 21.8 Å². The molecule has 0 saturated carbocycles. The molecule has 1 aliphatic rings. The van der Waals surface area contributed by atoms with Crippen molar-refractivity contribution in [3.05, 3.63) is 65.5 Å². The van der Waals surface area contributed by atoms with Crippen LogP contribution in [0.1, 0.15) is 28.8 Å². The van der Waals surface area contributed by atoms with Crippen molar-refractivity contribution in [1.82, 2.24) is 4.31 Å². The summed E-state index contributed by atoms with van der Waals surface area (Å²) >= 11 is 0. The third-order valence-electron chi connectivity index (χ3n) is 4.96. The second kappa shape index (κ2) is 8.84. The summed E-state index contributed by atoms with van der Waals surface area (Å²) < 4.78 is 44.8. The van der Waals surface area contributed by atoms with Gasteiger partial charge < -0.3 is 4.74 Å². The van der Waals surface area contributed by atoms with Gasteiger partial charge in [0.15, 0.2) is 12.4 Å². The first-order valence-electron chi connectivity index (χ1n) is 9.29. The maximum atomic E-state index is 12.9. The van der Waals surface area contributed by atoms with Crippen LogP contribution in [0.3, 0.4) is 0 Å². The number of sulfonamides is 1. The SMILES string of the molecule is Cc1ccc(S(=O)(=O)N2CCC(C(=O)OCC(=O)c3ccc(F)cc3)CC2)cc1. The Morgan fingerprint density at radius 3 is 2.21 bits per heavy atom. The summed E-state index contributed by atoms with van der Waals surface area (Å²) in [6.45, 7) is 1.88. The van der Waals surface area contributed by atoms with E-state index in [-0.39, 0.29) is 23.5 Å². The highest BCUT2D eigenvalue weighted by Gasteiger charge is 2.33. The van der Waals surface area contributed by atoms with E-state index in [2.05, 4.69) is 0 Å². The van der Waals surface area contributed by atoms with E-state index in [1.54, 1.807) is 24.3 Å². The number of piperidine rings is 1. The lowest BCUT2D eigenvalue weighted by molar-refractivity contribution is -0.148. The molecule has 0 aromatic heterocycles. The molecule has 0 aliphatic carbocycles. The maximum Gasteiger partial charge on any atom is 0.309 e. The van der Waals surface area contributed by atoms with Crippen LogP contribution in [0.5, 0.6) is 0 Å². The summed E-state index contributed by atoms with van der Waals surface area (Å²) in [4.78, 5) is 24.5. The third-order valence-corrected chi connectivity index (χ3v) is 6.87. The largest absolute Gasteiger partial charge is 0.457 e. The average Bonchev–Trinajstić information content (AvgIpc) is 2.72. The van der Waals surface area contributed by atoms with Gasteiger partial charge in [0.1, 0.15) is 5.82 Å². The number of ether oxygens (including phenoxy) is 1. The van der Waals surface area contributed by atoms with Crippen LogP contribution >= 0.6 is 0 Å². The third kappa shape index (κ3) is 5.07. The van der Waals surface area contributed by atoms with Crippen LogP contribution in [0.2, 0.25) is 0 Å². The summed E-state index contributed by atoms with van der Waals surface area (Å²) in [5.41, 5.74) is 1.23. The molecule has 1 aliphatic heterocycles. The summed E-state index contributed by atoms with van der Waals surface area (Å²) in [6.07, 6.45) is 0.656. The summed E-state index contributed by atoms with van der Waals surface area (Å²) in [5.74, 6) is -1.85. The fraction of sp³-hybridized carbons (Fsp3) is 0.333. The number of hydrogen-bond donors (Lipinski definition) is 0. The molecule has 3 rings (SSSR count). The standard InChI is InChI=1S/C21H22FNO5S/c1-15-2-8-19(9-3-15)29(26,27)23-12-10-17(11-13-23)21(25)28-14-20(24)16-4-6-18(22)7-5-16/h2-9,17H,10-14H2,1H3. The highest BCUT2D eigenvalue weighted by molar-refractivity contribution is 7.89. The van der Waals surface area contributed by atoms with E-state index in [0.717, 1.165) is 5.56 Å². The molecule has 0 amide bonds. The fourth-order valence-electron chi connectivity index (χ4n) is 3.16. The quantitative estimate of drug-likeness (QED) is 0.531. The summed E-state index contributed by atoms with van der Waals surface area (Å²) in [7, 11) is -3.60. The zero-order chi connectivity index (χ0) is 21.0. The number of benzene rings is 2. The van der Waals surface area contributed by atoms with E-state index in [0.29, 0.717) is 12.8 Å². The number of halogens is 1. The molecule has 2 aromatic rings. The molecule has 0 atom stereocenters. The Kier molecular flexibility index (Phi) is 6.44. The van der Waals surface area contributed by atoms with Gasteiger partial charge in [-0.15, -0.1) is 0 Å². The van der Waals surface area contributed by atoms with E-state index in [1.165, 1.54) is 28.6 Å². The smallest absolute Gasteiger partial charge is 0.309 e. The zero-order valence-electron chi connectivity index (χ0n) is 16.0. The molecule has 6 nitrogen and oxygen atoms in total. The Bertz CT molecular complexity index is 979. The topological polar surface area (TPSA) is 80.8 Å². The molecular formula is C21H22FNO5S. The van der Waals surface area contributed by atoms with Gasteiger partial charge in [-0.25, -0.2) is 12.8 Å². The van der Waals surface area contributed by atoms with Crippen LogP contribution in [0.4, 0.5) is 4.39 Å². The Morgan fingerprint density at radius 1 is 1.03 bits per heavy atom. The number of carbonyl (C=O) groups excluding carboxylic acids is 2. The van der Waals surface area contributed by atoms with E-state index in [9.17, 15) is 22.4 Å². The lowest BCUT2D eigenvalue weighted by Gasteiger charge is -2.30. The molecule has 8 heteroatoms. The van der Waals surface area contributed by atoms with Gasteiger partial charge >= 0.3 is 5.97 Å². The molecule has 0 radical (unpaired) electrons. The van der Waals surface area contributed by atoms with Crippen LogP contribution in [-0.2, 0) is 19.6 Å². The van der Waals surface area contributed by atoms with Gasteiger partial charge in [0.2, 0.25) is 10.0 Å². The van der Waals surface area contributed by atoms with E-state index in [4.69, 9.17) is 4.74 Å². The maximum absolute atomic E-state index is 12.9. The minimum Gasteiger partial charge on any atom is -0.457 e. The number of ketones is 1. The predicted octanol–water partition coefficient (Wildman–Crippen LogP) is 2.96. The molecule has 154 valence electrons. The van der Waals surface area contributed by atoms with Crippen molar-refractivity contribution in [2.24, 2.45) is 5.92 Å².